The molecule has 2 aromatic rings. The molecule has 108 valence electrons. The Morgan fingerprint density at radius 2 is 1.75 bits per heavy atom. The number of nitrogens with two attached hydrogens (primary N) is 1. The minimum absolute atomic E-state index is 0. The van der Waals surface area contributed by atoms with Crippen LogP contribution in [-0.4, -0.2) is 13.2 Å². The summed E-state index contributed by atoms with van der Waals surface area (Å²) in [6.45, 7) is 2.02. The van der Waals surface area contributed by atoms with Crippen LogP contribution >= 0.6 is 12.4 Å². The smallest absolute Gasteiger partial charge is 0.122 e. The van der Waals surface area contributed by atoms with E-state index in [2.05, 4.69) is 36.4 Å². The SMILES string of the molecule is COc1ccc(Cc2ccccc2)cc1CC(C)N.Cl. The fraction of sp³-hybridized carbons (Fsp3) is 0.294. The predicted octanol–water partition coefficient (Wildman–Crippen LogP) is 3.60. The van der Waals surface area contributed by atoms with E-state index in [0.717, 1.165) is 18.6 Å². The van der Waals surface area contributed by atoms with Gasteiger partial charge in [-0.15, -0.1) is 12.4 Å². The Labute approximate surface area is 127 Å². The van der Waals surface area contributed by atoms with Crippen LogP contribution < -0.4 is 10.5 Å². The second kappa shape index (κ2) is 7.93. The molecule has 2 aromatic carbocycles. The van der Waals surface area contributed by atoms with E-state index in [1.54, 1.807) is 7.11 Å². The van der Waals surface area contributed by atoms with Crippen molar-refractivity contribution < 1.29 is 4.74 Å². The average molecular weight is 292 g/mol. The molecule has 2 nitrogen and oxygen atoms in total. The number of benzene rings is 2. The summed E-state index contributed by atoms with van der Waals surface area (Å²) < 4.78 is 5.40. The van der Waals surface area contributed by atoms with Crippen LogP contribution in [0.25, 0.3) is 0 Å². The molecular weight excluding hydrogens is 270 g/mol. The second-order valence-electron chi connectivity index (χ2n) is 4.99. The number of halogens is 1. The first-order chi connectivity index (χ1) is 9.19. The Morgan fingerprint density at radius 1 is 1.05 bits per heavy atom. The van der Waals surface area contributed by atoms with Gasteiger partial charge in [0.2, 0.25) is 0 Å². The molecule has 1 unspecified atom stereocenters. The highest BCUT2D eigenvalue weighted by Crippen LogP contribution is 2.22. The maximum absolute atomic E-state index is 5.90. The van der Waals surface area contributed by atoms with E-state index in [9.17, 15) is 0 Å². The van der Waals surface area contributed by atoms with Crippen molar-refractivity contribution in [2.24, 2.45) is 5.73 Å². The van der Waals surface area contributed by atoms with Crippen LogP contribution in [0.3, 0.4) is 0 Å². The molecule has 0 saturated carbocycles. The number of rotatable bonds is 5. The summed E-state index contributed by atoms with van der Waals surface area (Å²) in [4.78, 5) is 0. The first-order valence-corrected chi connectivity index (χ1v) is 6.64. The van der Waals surface area contributed by atoms with Crippen LogP contribution in [0.4, 0.5) is 0 Å². The van der Waals surface area contributed by atoms with Crippen LogP contribution in [0.2, 0.25) is 0 Å². The van der Waals surface area contributed by atoms with Crippen molar-refractivity contribution >= 4 is 12.4 Å². The Hall–Kier alpha value is -1.51. The molecule has 0 amide bonds. The van der Waals surface area contributed by atoms with Gasteiger partial charge in [-0.1, -0.05) is 42.5 Å². The molecule has 0 heterocycles. The Balaban J connectivity index is 0.00000200. The van der Waals surface area contributed by atoms with Gasteiger partial charge in [-0.05, 0) is 42.5 Å². The zero-order valence-electron chi connectivity index (χ0n) is 12.0. The topological polar surface area (TPSA) is 35.2 Å². The van der Waals surface area contributed by atoms with Gasteiger partial charge in [0.25, 0.3) is 0 Å². The molecule has 0 bridgehead atoms. The quantitative estimate of drug-likeness (QED) is 0.913. The largest absolute Gasteiger partial charge is 0.496 e. The lowest BCUT2D eigenvalue weighted by atomic mass is 9.99. The normalized spacial score (nSPS) is 11.6. The molecule has 0 spiro atoms. The zero-order valence-corrected chi connectivity index (χ0v) is 12.8. The summed E-state index contributed by atoms with van der Waals surface area (Å²) in [5, 5.41) is 0. The number of methoxy groups -OCH3 is 1. The molecule has 0 fully saturated rings. The van der Waals surface area contributed by atoms with Gasteiger partial charge in [0.1, 0.15) is 5.75 Å². The van der Waals surface area contributed by atoms with Gasteiger partial charge >= 0.3 is 0 Å². The molecule has 0 aliphatic heterocycles. The minimum atomic E-state index is 0. The summed E-state index contributed by atoms with van der Waals surface area (Å²) in [6, 6.07) is 17.0. The van der Waals surface area contributed by atoms with Crippen LogP contribution in [0.1, 0.15) is 23.6 Å². The Kier molecular flexibility index (Phi) is 6.56. The van der Waals surface area contributed by atoms with E-state index in [1.165, 1.54) is 16.7 Å². The van der Waals surface area contributed by atoms with E-state index < -0.39 is 0 Å². The van der Waals surface area contributed by atoms with Gasteiger partial charge in [0.15, 0.2) is 0 Å². The van der Waals surface area contributed by atoms with Crippen molar-refractivity contribution in [2.75, 3.05) is 7.11 Å². The lowest BCUT2D eigenvalue weighted by molar-refractivity contribution is 0.408. The first kappa shape index (κ1) is 16.5. The summed E-state index contributed by atoms with van der Waals surface area (Å²) in [5.74, 6) is 0.925. The standard InChI is InChI=1S/C17H21NO.ClH/c1-13(18)10-16-12-15(8-9-17(16)19-2)11-14-6-4-3-5-7-14;/h3-9,12-13H,10-11,18H2,1-2H3;1H. The van der Waals surface area contributed by atoms with E-state index in [-0.39, 0.29) is 18.4 Å². The maximum Gasteiger partial charge on any atom is 0.122 e. The van der Waals surface area contributed by atoms with Crippen molar-refractivity contribution in [3.63, 3.8) is 0 Å². The lowest BCUT2D eigenvalue weighted by Gasteiger charge is -2.12. The number of hydrogen-bond acceptors (Lipinski definition) is 2. The lowest BCUT2D eigenvalue weighted by Crippen LogP contribution is -2.18. The highest BCUT2D eigenvalue weighted by molar-refractivity contribution is 5.85. The minimum Gasteiger partial charge on any atom is -0.496 e. The van der Waals surface area contributed by atoms with Gasteiger partial charge in [-0.25, -0.2) is 0 Å². The van der Waals surface area contributed by atoms with Gasteiger partial charge in [0, 0.05) is 6.04 Å². The number of ether oxygens (including phenoxy) is 1. The molecule has 0 radical (unpaired) electrons. The highest BCUT2D eigenvalue weighted by atomic mass is 35.5. The second-order valence-corrected chi connectivity index (χ2v) is 4.99. The molecule has 3 heteroatoms. The van der Waals surface area contributed by atoms with E-state index >= 15 is 0 Å². The van der Waals surface area contributed by atoms with Crippen LogP contribution in [0.15, 0.2) is 48.5 Å². The third-order valence-electron chi connectivity index (χ3n) is 3.14. The van der Waals surface area contributed by atoms with Crippen molar-refractivity contribution in [2.45, 2.75) is 25.8 Å². The zero-order chi connectivity index (χ0) is 13.7. The van der Waals surface area contributed by atoms with Crippen molar-refractivity contribution in [1.82, 2.24) is 0 Å². The Morgan fingerprint density at radius 3 is 2.35 bits per heavy atom. The third-order valence-corrected chi connectivity index (χ3v) is 3.14. The maximum atomic E-state index is 5.90. The van der Waals surface area contributed by atoms with Crippen LogP contribution in [0, 0.1) is 0 Å². The highest BCUT2D eigenvalue weighted by Gasteiger charge is 2.07. The first-order valence-electron chi connectivity index (χ1n) is 6.64. The molecule has 20 heavy (non-hydrogen) atoms. The molecule has 0 aromatic heterocycles. The third kappa shape index (κ3) is 4.55. The van der Waals surface area contributed by atoms with Gasteiger partial charge < -0.3 is 10.5 Å². The summed E-state index contributed by atoms with van der Waals surface area (Å²) in [6.07, 6.45) is 1.78. The van der Waals surface area contributed by atoms with E-state index in [1.807, 2.05) is 19.1 Å². The van der Waals surface area contributed by atoms with Crippen molar-refractivity contribution in [3.05, 3.63) is 65.2 Å². The van der Waals surface area contributed by atoms with Crippen LogP contribution in [0.5, 0.6) is 5.75 Å². The molecule has 0 saturated heterocycles. The molecule has 2 rings (SSSR count). The molecule has 0 aliphatic rings. The fourth-order valence-corrected chi connectivity index (χ4v) is 2.28. The van der Waals surface area contributed by atoms with Crippen molar-refractivity contribution in [3.8, 4) is 5.75 Å². The predicted molar refractivity (Wildman–Crippen MR) is 86.8 cm³/mol. The van der Waals surface area contributed by atoms with E-state index in [0.29, 0.717) is 0 Å². The summed E-state index contributed by atoms with van der Waals surface area (Å²) in [7, 11) is 1.71. The average Bonchev–Trinajstić information content (AvgIpc) is 2.39. The molecular formula is C17H22ClNO. The van der Waals surface area contributed by atoms with E-state index in [4.69, 9.17) is 10.5 Å². The number of hydrogen-bond donors (Lipinski definition) is 1. The van der Waals surface area contributed by atoms with Gasteiger partial charge in [0.05, 0.1) is 7.11 Å². The van der Waals surface area contributed by atoms with Gasteiger partial charge in [-0.2, -0.15) is 0 Å². The van der Waals surface area contributed by atoms with Crippen molar-refractivity contribution in [1.29, 1.82) is 0 Å². The Bertz CT molecular complexity index is 526. The molecule has 1 atom stereocenters. The van der Waals surface area contributed by atoms with Crippen LogP contribution in [-0.2, 0) is 12.8 Å². The monoisotopic (exact) mass is 291 g/mol. The molecule has 0 aliphatic carbocycles. The summed E-state index contributed by atoms with van der Waals surface area (Å²) in [5.41, 5.74) is 9.69. The summed E-state index contributed by atoms with van der Waals surface area (Å²) >= 11 is 0. The van der Waals surface area contributed by atoms with Gasteiger partial charge in [-0.3, -0.25) is 0 Å². The molecule has 2 N–H and O–H groups in total. The fourth-order valence-electron chi connectivity index (χ4n) is 2.28.